The van der Waals surface area contributed by atoms with Gasteiger partial charge >= 0.3 is 0 Å². The molecule has 0 spiro atoms. The number of amides is 1. The molecular weight excluding hydrogens is 358 g/mol. The third kappa shape index (κ3) is 3.57. The first-order valence-corrected chi connectivity index (χ1v) is 8.73. The average Bonchev–Trinajstić information content (AvgIpc) is 3.10. The van der Waals surface area contributed by atoms with Gasteiger partial charge in [0.05, 0.1) is 14.2 Å². The fourth-order valence-corrected chi connectivity index (χ4v) is 3.02. The molecule has 1 amide bonds. The standard InChI is InChI=1S/C22H19NO5/c1-25-16-9-14(10-17(11-16)26-2)23-22(24)13-27-15-7-8-21-19(12-15)18-5-3-4-6-20(18)28-21/h3-12H,13H2,1-2H3,(H,23,24). The van der Waals surface area contributed by atoms with Gasteiger partial charge in [-0.15, -0.1) is 0 Å². The maximum atomic E-state index is 12.3. The molecule has 1 aromatic heterocycles. The maximum absolute atomic E-state index is 12.3. The second kappa shape index (κ2) is 7.52. The van der Waals surface area contributed by atoms with Crippen LogP contribution in [0.15, 0.2) is 65.1 Å². The summed E-state index contributed by atoms with van der Waals surface area (Å²) in [4.78, 5) is 12.3. The Morgan fingerprint density at radius 2 is 1.57 bits per heavy atom. The van der Waals surface area contributed by atoms with E-state index in [4.69, 9.17) is 18.6 Å². The molecule has 3 aromatic carbocycles. The Labute approximate surface area is 161 Å². The van der Waals surface area contributed by atoms with E-state index >= 15 is 0 Å². The van der Waals surface area contributed by atoms with Crippen LogP contribution in [0.1, 0.15) is 0 Å². The minimum Gasteiger partial charge on any atom is -0.497 e. The molecule has 142 valence electrons. The van der Waals surface area contributed by atoms with Crippen LogP contribution in [0.25, 0.3) is 21.9 Å². The fourth-order valence-electron chi connectivity index (χ4n) is 3.02. The summed E-state index contributed by atoms with van der Waals surface area (Å²) in [5.41, 5.74) is 2.17. The number of furan rings is 1. The van der Waals surface area contributed by atoms with Crippen LogP contribution in [0.5, 0.6) is 17.2 Å². The van der Waals surface area contributed by atoms with Gasteiger partial charge in [0.25, 0.3) is 5.91 Å². The highest BCUT2D eigenvalue weighted by molar-refractivity contribution is 6.05. The normalized spacial score (nSPS) is 10.8. The number of para-hydroxylation sites is 1. The molecule has 0 unspecified atom stereocenters. The zero-order chi connectivity index (χ0) is 19.5. The number of carbonyl (C=O) groups excluding carboxylic acids is 1. The molecule has 0 aliphatic heterocycles. The summed E-state index contributed by atoms with van der Waals surface area (Å²) in [6.45, 7) is -0.124. The first kappa shape index (κ1) is 17.7. The summed E-state index contributed by atoms with van der Waals surface area (Å²) < 4.78 is 21.9. The van der Waals surface area contributed by atoms with Gasteiger partial charge in [0.1, 0.15) is 28.4 Å². The van der Waals surface area contributed by atoms with Crippen molar-refractivity contribution >= 4 is 33.5 Å². The summed E-state index contributed by atoms with van der Waals surface area (Å²) in [5, 5.41) is 4.74. The molecule has 6 nitrogen and oxygen atoms in total. The monoisotopic (exact) mass is 377 g/mol. The van der Waals surface area contributed by atoms with E-state index in [9.17, 15) is 4.79 Å². The Kier molecular flexibility index (Phi) is 4.76. The molecule has 0 saturated carbocycles. The van der Waals surface area contributed by atoms with Crippen molar-refractivity contribution in [3.8, 4) is 17.2 Å². The highest BCUT2D eigenvalue weighted by Gasteiger charge is 2.10. The molecule has 28 heavy (non-hydrogen) atoms. The van der Waals surface area contributed by atoms with Gasteiger partial charge in [-0.3, -0.25) is 4.79 Å². The number of carbonyl (C=O) groups is 1. The lowest BCUT2D eigenvalue weighted by molar-refractivity contribution is -0.118. The topological polar surface area (TPSA) is 69.9 Å². The predicted octanol–water partition coefficient (Wildman–Crippen LogP) is 4.62. The second-order valence-corrected chi connectivity index (χ2v) is 6.19. The summed E-state index contributed by atoms with van der Waals surface area (Å²) >= 11 is 0. The van der Waals surface area contributed by atoms with E-state index in [-0.39, 0.29) is 12.5 Å². The van der Waals surface area contributed by atoms with Gasteiger partial charge in [0, 0.05) is 34.7 Å². The number of nitrogens with one attached hydrogen (secondary N) is 1. The van der Waals surface area contributed by atoms with E-state index in [2.05, 4.69) is 5.32 Å². The van der Waals surface area contributed by atoms with Gasteiger partial charge in [0.2, 0.25) is 0 Å². The van der Waals surface area contributed by atoms with Crippen molar-refractivity contribution in [2.24, 2.45) is 0 Å². The zero-order valence-corrected chi connectivity index (χ0v) is 15.5. The van der Waals surface area contributed by atoms with Crippen LogP contribution in [0.3, 0.4) is 0 Å². The quantitative estimate of drug-likeness (QED) is 0.531. The fraction of sp³-hybridized carbons (Fsp3) is 0.136. The molecule has 0 fully saturated rings. The lowest BCUT2D eigenvalue weighted by atomic mass is 10.1. The average molecular weight is 377 g/mol. The Bertz CT molecular complexity index is 1130. The number of hydrogen-bond donors (Lipinski definition) is 1. The lowest BCUT2D eigenvalue weighted by Crippen LogP contribution is -2.20. The SMILES string of the molecule is COc1cc(NC(=O)COc2ccc3oc4ccccc4c3c2)cc(OC)c1. The van der Waals surface area contributed by atoms with Crippen molar-refractivity contribution in [2.45, 2.75) is 0 Å². The van der Waals surface area contributed by atoms with Gasteiger partial charge in [-0.2, -0.15) is 0 Å². The van der Waals surface area contributed by atoms with Crippen molar-refractivity contribution in [3.63, 3.8) is 0 Å². The molecule has 0 aliphatic rings. The largest absolute Gasteiger partial charge is 0.497 e. The van der Waals surface area contributed by atoms with Gasteiger partial charge in [-0.1, -0.05) is 18.2 Å². The number of ether oxygens (including phenoxy) is 3. The molecule has 1 N–H and O–H groups in total. The molecular formula is C22H19NO5. The molecule has 4 aromatic rings. The molecule has 6 heteroatoms. The molecule has 0 radical (unpaired) electrons. The Hall–Kier alpha value is -3.67. The van der Waals surface area contributed by atoms with Gasteiger partial charge in [-0.25, -0.2) is 0 Å². The van der Waals surface area contributed by atoms with Crippen LogP contribution in [0.2, 0.25) is 0 Å². The minimum absolute atomic E-state index is 0.124. The number of fused-ring (bicyclic) bond motifs is 3. The predicted molar refractivity (Wildman–Crippen MR) is 107 cm³/mol. The lowest BCUT2D eigenvalue weighted by Gasteiger charge is -2.10. The van der Waals surface area contributed by atoms with Gasteiger partial charge in [-0.05, 0) is 24.3 Å². The van der Waals surface area contributed by atoms with Gasteiger partial charge < -0.3 is 23.9 Å². The second-order valence-electron chi connectivity index (χ2n) is 6.19. The molecule has 0 bridgehead atoms. The van der Waals surface area contributed by atoms with E-state index in [1.807, 2.05) is 36.4 Å². The third-order valence-electron chi connectivity index (χ3n) is 4.35. The van der Waals surface area contributed by atoms with Crippen LogP contribution in [-0.2, 0) is 4.79 Å². The Morgan fingerprint density at radius 3 is 2.32 bits per heavy atom. The molecule has 0 aliphatic carbocycles. The van der Waals surface area contributed by atoms with E-state index in [0.29, 0.717) is 22.9 Å². The van der Waals surface area contributed by atoms with Crippen LogP contribution >= 0.6 is 0 Å². The van der Waals surface area contributed by atoms with Crippen molar-refractivity contribution in [1.29, 1.82) is 0 Å². The van der Waals surface area contributed by atoms with E-state index < -0.39 is 0 Å². The zero-order valence-electron chi connectivity index (χ0n) is 15.5. The van der Waals surface area contributed by atoms with Crippen LogP contribution in [-0.4, -0.2) is 26.7 Å². The summed E-state index contributed by atoms with van der Waals surface area (Å²) in [5.74, 6) is 1.49. The number of benzene rings is 3. The van der Waals surface area contributed by atoms with Crippen molar-refractivity contribution < 1.29 is 23.4 Å². The number of hydrogen-bond acceptors (Lipinski definition) is 5. The number of methoxy groups -OCH3 is 2. The maximum Gasteiger partial charge on any atom is 0.262 e. The first-order chi connectivity index (χ1) is 13.7. The smallest absolute Gasteiger partial charge is 0.262 e. The minimum atomic E-state index is -0.285. The Balaban J connectivity index is 1.47. The van der Waals surface area contributed by atoms with Crippen molar-refractivity contribution in [2.75, 3.05) is 26.1 Å². The molecule has 0 atom stereocenters. The van der Waals surface area contributed by atoms with E-state index in [0.717, 1.165) is 21.9 Å². The van der Waals surface area contributed by atoms with Crippen LogP contribution in [0.4, 0.5) is 5.69 Å². The van der Waals surface area contributed by atoms with E-state index in [1.165, 1.54) is 0 Å². The van der Waals surface area contributed by atoms with Crippen LogP contribution < -0.4 is 19.5 Å². The molecule has 4 rings (SSSR count). The summed E-state index contributed by atoms with van der Waals surface area (Å²) in [6.07, 6.45) is 0. The van der Waals surface area contributed by atoms with Crippen LogP contribution in [0, 0.1) is 0 Å². The highest BCUT2D eigenvalue weighted by Crippen LogP contribution is 2.31. The third-order valence-corrected chi connectivity index (χ3v) is 4.35. The van der Waals surface area contributed by atoms with Crippen molar-refractivity contribution in [3.05, 3.63) is 60.7 Å². The van der Waals surface area contributed by atoms with Gasteiger partial charge in [0.15, 0.2) is 6.61 Å². The summed E-state index contributed by atoms with van der Waals surface area (Å²) in [6, 6.07) is 18.5. The Morgan fingerprint density at radius 1 is 0.857 bits per heavy atom. The van der Waals surface area contributed by atoms with Crippen molar-refractivity contribution in [1.82, 2.24) is 0 Å². The number of anilines is 1. The molecule has 0 saturated heterocycles. The first-order valence-electron chi connectivity index (χ1n) is 8.73. The summed E-state index contributed by atoms with van der Waals surface area (Å²) in [7, 11) is 3.11. The molecule has 1 heterocycles. The van der Waals surface area contributed by atoms with E-state index in [1.54, 1.807) is 38.5 Å². The highest BCUT2D eigenvalue weighted by atomic mass is 16.5. The number of rotatable bonds is 6.